The van der Waals surface area contributed by atoms with E-state index in [0.29, 0.717) is 0 Å². The van der Waals surface area contributed by atoms with Crippen LogP contribution in [0.1, 0.15) is 141 Å². The van der Waals surface area contributed by atoms with E-state index >= 15 is 0 Å². The highest BCUT2D eigenvalue weighted by molar-refractivity contribution is 9.09. The molecule has 0 spiro atoms. The summed E-state index contributed by atoms with van der Waals surface area (Å²) in [6.45, 7) is 0. The number of unbranched alkanes of at least 4 members (excludes halogenated alkanes) is 21. The van der Waals surface area contributed by atoms with Crippen molar-refractivity contribution in [2.24, 2.45) is 0 Å². The monoisotopic (exact) mass is 450 g/mol. The Morgan fingerprint density at radius 1 is 0.308 bits per heavy atom. The molecule has 0 radical (unpaired) electrons. The van der Waals surface area contributed by atoms with Crippen molar-refractivity contribution in [1.82, 2.24) is 0 Å². The quantitative estimate of drug-likeness (QED) is 0.107. The Hall–Kier alpha value is 0.770. The van der Waals surface area contributed by atoms with Gasteiger partial charge in [-0.2, -0.15) is 0 Å². The van der Waals surface area contributed by atoms with Crippen LogP contribution in [-0.2, 0) is 0 Å². The van der Waals surface area contributed by atoms with Crippen molar-refractivity contribution in [2.75, 3.05) is 11.2 Å². The predicted molar refractivity (Wildman–Crippen MR) is 126 cm³/mol. The summed E-state index contributed by atoms with van der Waals surface area (Å²) in [6, 6.07) is 0. The summed E-state index contributed by atoms with van der Waals surface area (Å²) in [5, 5.41) is 1.18. The van der Waals surface area contributed by atoms with Crippen LogP contribution >= 0.6 is 27.5 Å². The van der Waals surface area contributed by atoms with Gasteiger partial charge in [0.15, 0.2) is 0 Å². The second-order valence-corrected chi connectivity index (χ2v) is 9.33. The maximum Gasteiger partial charge on any atom is 0.0223 e. The highest BCUT2D eigenvalue weighted by Crippen LogP contribution is 2.15. The Kier molecular flexibility index (Phi) is 26.5. The fourth-order valence-electron chi connectivity index (χ4n) is 3.72. The molecule has 0 fully saturated rings. The molecule has 0 aromatic rings. The van der Waals surface area contributed by atoms with Gasteiger partial charge in [0.2, 0.25) is 0 Å². The molecule has 0 bridgehead atoms. The Morgan fingerprint density at radius 3 is 0.692 bits per heavy atom. The van der Waals surface area contributed by atoms with Crippen molar-refractivity contribution in [3.05, 3.63) is 0 Å². The van der Waals surface area contributed by atoms with Gasteiger partial charge in [-0.1, -0.05) is 144 Å². The average molecular weight is 452 g/mol. The first-order valence-electron chi connectivity index (χ1n) is 12.0. The zero-order valence-corrected chi connectivity index (χ0v) is 20.1. The third-order valence-electron chi connectivity index (χ3n) is 5.52. The molecule has 0 aliphatic carbocycles. The van der Waals surface area contributed by atoms with Gasteiger partial charge in [-0.25, -0.2) is 0 Å². The van der Waals surface area contributed by atoms with Crippen molar-refractivity contribution < 1.29 is 0 Å². The molecule has 0 aliphatic heterocycles. The molecule has 0 saturated heterocycles. The molecule has 0 rings (SSSR count). The molecule has 0 aliphatic rings. The molecule has 26 heavy (non-hydrogen) atoms. The minimum atomic E-state index is 0.845. The fourth-order valence-corrected chi connectivity index (χ4v) is 4.31. The lowest BCUT2D eigenvalue weighted by Crippen LogP contribution is -1.84. The zero-order chi connectivity index (χ0) is 19.0. The maximum atomic E-state index is 5.69. The van der Waals surface area contributed by atoms with E-state index in [1.54, 1.807) is 0 Å². The lowest BCUT2D eigenvalue weighted by Gasteiger charge is -2.04. The maximum absolute atomic E-state index is 5.69. The van der Waals surface area contributed by atoms with Gasteiger partial charge in [-0.15, -0.1) is 11.6 Å². The van der Waals surface area contributed by atoms with Gasteiger partial charge in [-0.05, 0) is 12.8 Å². The average Bonchev–Trinajstić information content (AvgIpc) is 2.66. The molecular weight excluding hydrogens is 404 g/mol. The lowest BCUT2D eigenvalue weighted by molar-refractivity contribution is 0.520. The van der Waals surface area contributed by atoms with Crippen molar-refractivity contribution in [1.29, 1.82) is 0 Å². The summed E-state index contributed by atoms with van der Waals surface area (Å²) in [5.74, 6) is 0.845. The van der Waals surface area contributed by atoms with Crippen LogP contribution in [0.3, 0.4) is 0 Å². The number of hydrogen-bond acceptors (Lipinski definition) is 0. The molecule has 0 N–H and O–H groups in total. The van der Waals surface area contributed by atoms with Crippen molar-refractivity contribution >= 4 is 27.5 Å². The Morgan fingerprint density at radius 2 is 0.500 bits per heavy atom. The van der Waals surface area contributed by atoms with Crippen LogP contribution in [0, 0.1) is 0 Å². The van der Waals surface area contributed by atoms with Gasteiger partial charge >= 0.3 is 0 Å². The second-order valence-electron chi connectivity index (χ2n) is 8.16. The van der Waals surface area contributed by atoms with Gasteiger partial charge in [-0.3, -0.25) is 0 Å². The highest BCUT2D eigenvalue weighted by Gasteiger charge is 1.95. The normalized spacial score (nSPS) is 11.3. The summed E-state index contributed by atoms with van der Waals surface area (Å²) in [5.41, 5.74) is 0. The molecule has 0 aromatic carbocycles. The Bertz CT molecular complexity index is 208. The fraction of sp³-hybridized carbons (Fsp3) is 1.00. The molecule has 0 saturated carbocycles. The van der Waals surface area contributed by atoms with Crippen LogP contribution in [-0.4, -0.2) is 11.2 Å². The molecule has 0 atom stereocenters. The van der Waals surface area contributed by atoms with Gasteiger partial charge in [0.1, 0.15) is 0 Å². The first kappa shape index (κ1) is 26.8. The van der Waals surface area contributed by atoms with E-state index in [4.69, 9.17) is 11.6 Å². The van der Waals surface area contributed by atoms with Crippen molar-refractivity contribution in [3.8, 4) is 0 Å². The summed E-state index contributed by atoms with van der Waals surface area (Å²) in [6.07, 6.45) is 31.6. The Labute approximate surface area is 179 Å². The van der Waals surface area contributed by atoms with E-state index in [1.165, 1.54) is 147 Å². The predicted octanol–water partition coefficient (Wildman–Crippen LogP) is 10.2. The van der Waals surface area contributed by atoms with E-state index in [2.05, 4.69) is 15.9 Å². The highest BCUT2D eigenvalue weighted by atomic mass is 79.9. The largest absolute Gasteiger partial charge is 0.127 e. The number of rotatable bonds is 23. The lowest BCUT2D eigenvalue weighted by atomic mass is 10.0. The van der Waals surface area contributed by atoms with E-state index in [1.807, 2.05) is 0 Å². The first-order chi connectivity index (χ1) is 12.9. The van der Waals surface area contributed by atoms with Crippen LogP contribution < -0.4 is 0 Å². The third kappa shape index (κ3) is 24.8. The van der Waals surface area contributed by atoms with E-state index in [-0.39, 0.29) is 0 Å². The molecule has 158 valence electrons. The minimum Gasteiger partial charge on any atom is -0.127 e. The summed E-state index contributed by atoms with van der Waals surface area (Å²) < 4.78 is 0. The summed E-state index contributed by atoms with van der Waals surface area (Å²) in [7, 11) is 0. The van der Waals surface area contributed by atoms with Crippen LogP contribution in [0.15, 0.2) is 0 Å². The third-order valence-corrected chi connectivity index (χ3v) is 6.35. The Balaban J connectivity index is 2.95. The standard InChI is InChI=1S/C24H48BrCl/c25-23-21-19-17-15-13-11-9-7-5-3-1-2-4-6-8-10-12-14-16-18-20-22-24-26/h1-24H2. The number of halogens is 2. The van der Waals surface area contributed by atoms with Gasteiger partial charge in [0, 0.05) is 11.2 Å². The van der Waals surface area contributed by atoms with Gasteiger partial charge < -0.3 is 0 Å². The van der Waals surface area contributed by atoms with E-state index in [9.17, 15) is 0 Å². The molecule has 0 nitrogen and oxygen atoms in total. The minimum absolute atomic E-state index is 0.845. The first-order valence-corrected chi connectivity index (χ1v) is 13.7. The molecule has 0 amide bonds. The van der Waals surface area contributed by atoms with Crippen LogP contribution in [0.25, 0.3) is 0 Å². The van der Waals surface area contributed by atoms with Crippen LogP contribution in [0.5, 0.6) is 0 Å². The number of hydrogen-bond donors (Lipinski definition) is 0. The van der Waals surface area contributed by atoms with E-state index < -0.39 is 0 Å². The summed E-state index contributed by atoms with van der Waals surface area (Å²) >= 11 is 9.20. The zero-order valence-electron chi connectivity index (χ0n) is 17.7. The topological polar surface area (TPSA) is 0 Å². The van der Waals surface area contributed by atoms with Crippen LogP contribution in [0.2, 0.25) is 0 Å². The molecule has 0 heterocycles. The molecule has 0 unspecified atom stereocenters. The van der Waals surface area contributed by atoms with E-state index in [0.717, 1.165) is 5.88 Å². The van der Waals surface area contributed by atoms with Crippen molar-refractivity contribution in [3.63, 3.8) is 0 Å². The molecule has 2 heteroatoms. The second kappa shape index (κ2) is 25.8. The molecule has 0 aromatic heterocycles. The van der Waals surface area contributed by atoms with Gasteiger partial charge in [0.25, 0.3) is 0 Å². The SMILES string of the molecule is ClCCCCCCCCCCCCCCCCCCCCCCCCBr. The van der Waals surface area contributed by atoms with Crippen LogP contribution in [0.4, 0.5) is 0 Å². The molecular formula is C24H48BrCl. The number of alkyl halides is 2. The van der Waals surface area contributed by atoms with Gasteiger partial charge in [0.05, 0.1) is 0 Å². The smallest absolute Gasteiger partial charge is 0.0223 e. The van der Waals surface area contributed by atoms with Crippen molar-refractivity contribution in [2.45, 2.75) is 141 Å². The summed E-state index contributed by atoms with van der Waals surface area (Å²) in [4.78, 5) is 0.